The molecule has 1 spiro atoms. The molecule has 1 N–H and O–H groups in total. The topological polar surface area (TPSA) is 96.4 Å². The van der Waals surface area contributed by atoms with Crippen LogP contribution in [0.2, 0.25) is 5.02 Å². The van der Waals surface area contributed by atoms with E-state index in [-0.39, 0.29) is 36.4 Å². The third-order valence-corrected chi connectivity index (χ3v) is 8.98. The highest BCUT2D eigenvalue weighted by atomic mass is 79.9. The number of alkyl halides is 1. The first-order chi connectivity index (χ1) is 18.8. The fraction of sp³-hybridized carbons (Fsp3) is 0.552. The van der Waals surface area contributed by atoms with Crippen LogP contribution in [-0.2, 0) is 23.9 Å². The molecule has 0 aliphatic carbocycles. The summed E-state index contributed by atoms with van der Waals surface area (Å²) < 4.78 is 12.1. The highest BCUT2D eigenvalue weighted by Gasteiger charge is 2.77. The van der Waals surface area contributed by atoms with Crippen molar-refractivity contribution in [3.8, 4) is 0 Å². The first-order valence-corrected chi connectivity index (χ1v) is 14.8. The van der Waals surface area contributed by atoms with Crippen molar-refractivity contribution in [2.24, 2.45) is 11.8 Å². The number of fused-ring (bicyclic) bond motifs is 1. The minimum Gasteiger partial charge on any atom is -0.465 e. The lowest BCUT2D eigenvalue weighted by Crippen LogP contribution is -2.57. The molecule has 3 unspecified atom stereocenters. The molecule has 2 amide bonds. The predicted octanol–water partition coefficient (Wildman–Crippen LogP) is 4.28. The van der Waals surface area contributed by atoms with Crippen LogP contribution in [0.4, 0.5) is 5.69 Å². The summed E-state index contributed by atoms with van der Waals surface area (Å²) in [7, 11) is 0. The highest BCUT2D eigenvalue weighted by Crippen LogP contribution is 2.60. The minimum atomic E-state index is -1.16. The standard InChI is InChI=1S/C29H36BrClN2O6/c1-3-5-17-38-28(37)22-23-26(35)33(15-8-6-7-9-16-34)25(29(23)18-21(30)24(22)39-29)27(36)32(14-4-2)20-12-10-19(31)11-13-20/h3-4,10-13,21-25,34H,1-2,5-9,14-18H2/t21?,22-,23+,24-,25?,29?/m1/s1. The van der Waals surface area contributed by atoms with Crippen molar-refractivity contribution in [3.05, 3.63) is 54.6 Å². The summed E-state index contributed by atoms with van der Waals surface area (Å²) in [5, 5.41) is 9.68. The average molecular weight is 624 g/mol. The van der Waals surface area contributed by atoms with Gasteiger partial charge in [0.15, 0.2) is 0 Å². The summed E-state index contributed by atoms with van der Waals surface area (Å²) in [6.45, 7) is 8.36. The average Bonchev–Trinajstić information content (AvgIpc) is 3.51. The zero-order chi connectivity index (χ0) is 28.2. The molecule has 0 radical (unpaired) electrons. The molecule has 6 atom stereocenters. The number of anilines is 1. The smallest absolute Gasteiger partial charge is 0.312 e. The Labute approximate surface area is 243 Å². The largest absolute Gasteiger partial charge is 0.465 e. The van der Waals surface area contributed by atoms with Gasteiger partial charge in [0.1, 0.15) is 11.6 Å². The minimum absolute atomic E-state index is 0.115. The molecule has 4 rings (SSSR count). The van der Waals surface area contributed by atoms with E-state index in [1.165, 1.54) is 0 Å². The number of benzene rings is 1. The second-order valence-corrected chi connectivity index (χ2v) is 11.9. The summed E-state index contributed by atoms with van der Waals surface area (Å²) in [5.74, 6) is -2.64. The number of halogens is 2. The monoisotopic (exact) mass is 622 g/mol. The maximum Gasteiger partial charge on any atom is 0.312 e. The number of likely N-dealkylation sites (tertiary alicyclic amines) is 1. The van der Waals surface area contributed by atoms with Gasteiger partial charge in [0.05, 0.1) is 24.5 Å². The van der Waals surface area contributed by atoms with Crippen molar-refractivity contribution in [2.75, 3.05) is 31.2 Å². The van der Waals surface area contributed by atoms with Gasteiger partial charge in [-0.1, -0.05) is 52.5 Å². The molecule has 1 aromatic carbocycles. The van der Waals surface area contributed by atoms with Crippen molar-refractivity contribution >= 4 is 51.0 Å². The lowest BCUT2D eigenvalue weighted by Gasteiger charge is -2.37. The third kappa shape index (κ3) is 5.69. The van der Waals surface area contributed by atoms with E-state index in [1.807, 2.05) is 0 Å². The number of carbonyl (C=O) groups excluding carboxylic acids is 3. The van der Waals surface area contributed by atoms with Gasteiger partial charge in [-0.2, -0.15) is 0 Å². The summed E-state index contributed by atoms with van der Waals surface area (Å²) in [5.41, 5.74) is -0.533. The molecule has 10 heteroatoms. The molecule has 3 fully saturated rings. The van der Waals surface area contributed by atoms with Crippen LogP contribution in [0.1, 0.15) is 38.5 Å². The Morgan fingerprint density at radius 3 is 2.59 bits per heavy atom. The quantitative estimate of drug-likeness (QED) is 0.144. The van der Waals surface area contributed by atoms with Crippen LogP contribution in [-0.4, -0.2) is 76.7 Å². The van der Waals surface area contributed by atoms with E-state index >= 15 is 0 Å². The van der Waals surface area contributed by atoms with Crippen LogP contribution in [0.25, 0.3) is 0 Å². The molecule has 3 saturated heterocycles. The van der Waals surface area contributed by atoms with Crippen molar-refractivity contribution in [1.29, 1.82) is 0 Å². The normalized spacial score (nSPS) is 28.8. The van der Waals surface area contributed by atoms with E-state index in [2.05, 4.69) is 29.1 Å². The Morgan fingerprint density at radius 1 is 1.21 bits per heavy atom. The molecule has 3 heterocycles. The summed E-state index contributed by atoms with van der Waals surface area (Å²) in [6.07, 6.45) is 6.62. The van der Waals surface area contributed by atoms with E-state index in [9.17, 15) is 14.4 Å². The number of unbranched alkanes of at least 4 members (excludes halogenated alkanes) is 3. The van der Waals surface area contributed by atoms with Gasteiger partial charge in [0.25, 0.3) is 5.91 Å². The molecule has 8 nitrogen and oxygen atoms in total. The van der Waals surface area contributed by atoms with Crippen LogP contribution >= 0.6 is 27.5 Å². The predicted molar refractivity (Wildman–Crippen MR) is 153 cm³/mol. The summed E-state index contributed by atoms with van der Waals surface area (Å²) >= 11 is 9.78. The van der Waals surface area contributed by atoms with Crippen LogP contribution in [0.15, 0.2) is 49.6 Å². The van der Waals surface area contributed by atoms with E-state index in [4.69, 9.17) is 26.2 Å². The third-order valence-electron chi connectivity index (χ3n) is 7.88. The van der Waals surface area contributed by atoms with Gasteiger partial charge in [-0.05, 0) is 49.9 Å². The number of aliphatic hydroxyl groups is 1. The van der Waals surface area contributed by atoms with Crippen molar-refractivity contribution in [2.45, 2.75) is 61.1 Å². The Bertz CT molecular complexity index is 1080. The molecule has 3 aliphatic rings. The number of hydrogen-bond acceptors (Lipinski definition) is 6. The number of esters is 1. The van der Waals surface area contributed by atoms with Gasteiger partial charge in [0.2, 0.25) is 5.91 Å². The molecule has 3 aliphatic heterocycles. The fourth-order valence-electron chi connectivity index (χ4n) is 6.23. The number of nitrogens with zero attached hydrogens (tertiary/aromatic N) is 2. The fourth-order valence-corrected chi connectivity index (χ4v) is 7.29. The number of aliphatic hydroxyl groups excluding tert-OH is 1. The summed E-state index contributed by atoms with van der Waals surface area (Å²) in [4.78, 5) is 44.8. The number of hydrogen-bond donors (Lipinski definition) is 1. The van der Waals surface area contributed by atoms with Crippen molar-refractivity contribution in [1.82, 2.24) is 4.90 Å². The molecule has 0 saturated carbocycles. The van der Waals surface area contributed by atoms with Crippen molar-refractivity contribution in [3.63, 3.8) is 0 Å². The van der Waals surface area contributed by atoms with Gasteiger partial charge in [-0.15, -0.1) is 13.2 Å². The van der Waals surface area contributed by atoms with Gasteiger partial charge in [0, 0.05) is 35.2 Å². The Kier molecular flexibility index (Phi) is 9.91. The first-order valence-electron chi connectivity index (χ1n) is 13.5. The first kappa shape index (κ1) is 29.8. The number of rotatable bonds is 14. The molecule has 212 valence electrons. The number of ether oxygens (including phenoxy) is 2. The van der Waals surface area contributed by atoms with E-state index < -0.39 is 35.6 Å². The van der Waals surface area contributed by atoms with Gasteiger partial charge >= 0.3 is 5.97 Å². The van der Waals surface area contributed by atoms with Gasteiger partial charge in [-0.25, -0.2) is 0 Å². The molecule has 39 heavy (non-hydrogen) atoms. The SMILES string of the molecule is C=CCCOC(=O)[C@H]1[C@@H]2OC3(CC2Br)C(C(=O)N(CC=C)c2ccc(Cl)cc2)N(CCCCCCO)C(=O)[C@H]13. The molecule has 2 bridgehead atoms. The highest BCUT2D eigenvalue weighted by molar-refractivity contribution is 9.09. The second-order valence-electron chi connectivity index (χ2n) is 10.3. The Hall–Kier alpha value is -2.20. The zero-order valence-electron chi connectivity index (χ0n) is 22.0. The lowest BCUT2D eigenvalue weighted by atomic mass is 9.70. The van der Waals surface area contributed by atoms with Gasteiger partial charge < -0.3 is 24.4 Å². The van der Waals surface area contributed by atoms with E-state index in [0.29, 0.717) is 42.9 Å². The van der Waals surface area contributed by atoms with Gasteiger partial charge in [-0.3, -0.25) is 14.4 Å². The number of amides is 2. The second kappa shape index (κ2) is 13.0. The van der Waals surface area contributed by atoms with E-state index in [0.717, 1.165) is 12.8 Å². The summed E-state index contributed by atoms with van der Waals surface area (Å²) in [6, 6.07) is 6.02. The maximum atomic E-state index is 14.4. The van der Waals surface area contributed by atoms with Crippen LogP contribution < -0.4 is 4.90 Å². The molecule has 0 aromatic heterocycles. The van der Waals surface area contributed by atoms with Crippen LogP contribution in [0, 0.1) is 11.8 Å². The molecule has 1 aromatic rings. The lowest BCUT2D eigenvalue weighted by molar-refractivity contribution is -0.154. The van der Waals surface area contributed by atoms with Crippen LogP contribution in [0.3, 0.4) is 0 Å². The Balaban J connectivity index is 1.70. The molecular weight excluding hydrogens is 588 g/mol. The molecular formula is C29H36BrClN2O6. The number of carbonyl (C=O) groups is 3. The van der Waals surface area contributed by atoms with Crippen LogP contribution in [0.5, 0.6) is 0 Å². The Morgan fingerprint density at radius 2 is 1.92 bits per heavy atom. The zero-order valence-corrected chi connectivity index (χ0v) is 24.3. The van der Waals surface area contributed by atoms with Crippen molar-refractivity contribution < 1.29 is 29.0 Å². The van der Waals surface area contributed by atoms with E-state index in [1.54, 1.807) is 46.2 Å². The maximum absolute atomic E-state index is 14.4.